The number of carbonyl (C=O) groups excluding carboxylic acids is 2. The van der Waals surface area contributed by atoms with E-state index in [-0.39, 0.29) is 22.0 Å². The number of ketones is 1. The van der Waals surface area contributed by atoms with E-state index < -0.39 is 45.2 Å². The number of benzene rings is 2. The van der Waals surface area contributed by atoms with Crippen molar-refractivity contribution >= 4 is 49.2 Å². The highest BCUT2D eigenvalue weighted by Gasteiger charge is 2.23. The Labute approximate surface area is 202 Å². The second-order valence-electron chi connectivity index (χ2n) is 7.07. The van der Waals surface area contributed by atoms with Crippen LogP contribution in [0.2, 0.25) is 0 Å². The van der Waals surface area contributed by atoms with Crippen LogP contribution in [0.25, 0.3) is 0 Å². The van der Waals surface area contributed by atoms with Crippen molar-refractivity contribution in [3.05, 3.63) is 85.0 Å². The molecule has 3 rings (SSSR count). The first kappa shape index (κ1) is 24.9. The smallest absolute Gasteiger partial charge is 0.340 e. The van der Waals surface area contributed by atoms with Gasteiger partial charge in [0.2, 0.25) is 5.78 Å². The van der Waals surface area contributed by atoms with Crippen molar-refractivity contribution < 1.29 is 22.7 Å². The molecule has 3 aromatic rings. The number of anilines is 2. The molecule has 2 aromatic carbocycles. The van der Waals surface area contributed by atoms with Gasteiger partial charge in [0.25, 0.3) is 15.6 Å². The lowest BCUT2D eigenvalue weighted by Gasteiger charge is -2.13. The standard InChI is InChI=1S/C21H19BrN4O7S/c1-25-18(23)17(19(28)26(2)21(25)30)16(27)11-33-20(29)14-5-3-4-6-15(14)24-34(31,32)13-9-7-12(22)8-10-13/h3-10,24H,11,23H2,1-2H3. The summed E-state index contributed by atoms with van der Waals surface area (Å²) in [4.78, 5) is 49.4. The van der Waals surface area contributed by atoms with E-state index in [0.29, 0.717) is 9.04 Å². The number of para-hydroxylation sites is 1. The molecule has 0 atom stereocenters. The minimum atomic E-state index is -4.02. The number of hydrogen-bond acceptors (Lipinski definition) is 8. The van der Waals surface area contributed by atoms with Crippen molar-refractivity contribution in [1.29, 1.82) is 0 Å². The minimum Gasteiger partial charge on any atom is -0.454 e. The molecule has 0 radical (unpaired) electrons. The molecule has 34 heavy (non-hydrogen) atoms. The van der Waals surface area contributed by atoms with Crippen molar-refractivity contribution in [3.63, 3.8) is 0 Å². The first-order valence-corrected chi connectivity index (χ1v) is 11.8. The number of rotatable bonds is 7. The summed E-state index contributed by atoms with van der Waals surface area (Å²) in [7, 11) is -1.56. The van der Waals surface area contributed by atoms with Gasteiger partial charge in [-0.25, -0.2) is 18.0 Å². The van der Waals surface area contributed by atoms with Crippen LogP contribution >= 0.6 is 15.9 Å². The molecule has 1 aromatic heterocycles. The number of Topliss-reactive ketones (excluding diaryl/α,β-unsaturated/α-hetero) is 1. The molecule has 0 amide bonds. The number of ether oxygens (including phenoxy) is 1. The fourth-order valence-corrected chi connectivity index (χ4v) is 4.31. The third kappa shape index (κ3) is 4.94. The Bertz CT molecular complexity index is 1510. The molecule has 3 N–H and O–H groups in total. The molecule has 0 aliphatic carbocycles. The maximum atomic E-state index is 12.7. The van der Waals surface area contributed by atoms with Gasteiger partial charge in [-0.2, -0.15) is 0 Å². The van der Waals surface area contributed by atoms with E-state index in [0.717, 1.165) is 4.57 Å². The van der Waals surface area contributed by atoms with Crippen LogP contribution in [-0.2, 0) is 28.9 Å². The number of halogens is 1. The monoisotopic (exact) mass is 550 g/mol. The van der Waals surface area contributed by atoms with Gasteiger partial charge in [-0.1, -0.05) is 28.1 Å². The van der Waals surface area contributed by atoms with E-state index in [1.807, 2.05) is 0 Å². The zero-order valence-corrected chi connectivity index (χ0v) is 20.3. The zero-order valence-electron chi connectivity index (χ0n) is 17.9. The van der Waals surface area contributed by atoms with Gasteiger partial charge in [0.1, 0.15) is 11.4 Å². The highest BCUT2D eigenvalue weighted by molar-refractivity contribution is 9.10. The lowest BCUT2D eigenvalue weighted by atomic mass is 10.2. The molecular weight excluding hydrogens is 532 g/mol. The molecule has 1 heterocycles. The number of esters is 1. The first-order chi connectivity index (χ1) is 15.9. The van der Waals surface area contributed by atoms with Gasteiger partial charge in [0, 0.05) is 18.6 Å². The quantitative estimate of drug-likeness (QED) is 0.328. The molecule has 13 heteroatoms. The van der Waals surface area contributed by atoms with Crippen LogP contribution in [0.5, 0.6) is 0 Å². The van der Waals surface area contributed by atoms with Crippen molar-refractivity contribution in [1.82, 2.24) is 9.13 Å². The summed E-state index contributed by atoms with van der Waals surface area (Å²) in [5.74, 6) is -2.30. The Hall–Kier alpha value is -3.71. The molecule has 0 fully saturated rings. The Kier molecular flexibility index (Phi) is 7.07. The summed E-state index contributed by atoms with van der Waals surface area (Å²) >= 11 is 3.23. The van der Waals surface area contributed by atoms with Gasteiger partial charge >= 0.3 is 11.7 Å². The van der Waals surface area contributed by atoms with Crippen LogP contribution in [-0.4, -0.2) is 35.9 Å². The third-order valence-corrected chi connectivity index (χ3v) is 6.75. The van der Waals surface area contributed by atoms with E-state index in [2.05, 4.69) is 20.7 Å². The van der Waals surface area contributed by atoms with E-state index in [9.17, 15) is 27.6 Å². The minimum absolute atomic E-state index is 0.0324. The number of nitrogens with two attached hydrogens (primary N) is 1. The van der Waals surface area contributed by atoms with Crippen molar-refractivity contribution in [3.8, 4) is 0 Å². The fourth-order valence-electron chi connectivity index (χ4n) is 2.97. The lowest BCUT2D eigenvalue weighted by Crippen LogP contribution is -2.42. The van der Waals surface area contributed by atoms with Gasteiger partial charge in [-0.3, -0.25) is 23.4 Å². The third-order valence-electron chi connectivity index (χ3n) is 4.84. The molecule has 178 valence electrons. The summed E-state index contributed by atoms with van der Waals surface area (Å²) in [6.45, 7) is -0.857. The molecule has 0 saturated carbocycles. The highest BCUT2D eigenvalue weighted by Crippen LogP contribution is 2.22. The second kappa shape index (κ2) is 9.65. The lowest BCUT2D eigenvalue weighted by molar-refractivity contribution is 0.0475. The number of nitrogens with zero attached hydrogens (tertiary/aromatic N) is 2. The Morgan fingerprint density at radius 2 is 1.65 bits per heavy atom. The van der Waals surface area contributed by atoms with Crippen LogP contribution in [0, 0.1) is 0 Å². The van der Waals surface area contributed by atoms with Crippen LogP contribution in [0.15, 0.2) is 67.5 Å². The molecule has 0 saturated heterocycles. The molecule has 0 spiro atoms. The molecular formula is C21H19BrN4O7S. The van der Waals surface area contributed by atoms with Gasteiger partial charge < -0.3 is 10.5 Å². The Morgan fingerprint density at radius 1 is 1.03 bits per heavy atom. The average Bonchev–Trinajstić information content (AvgIpc) is 2.80. The largest absolute Gasteiger partial charge is 0.454 e. The zero-order chi connectivity index (χ0) is 25.2. The molecule has 0 aliphatic heterocycles. The predicted molar refractivity (Wildman–Crippen MR) is 127 cm³/mol. The first-order valence-electron chi connectivity index (χ1n) is 9.57. The van der Waals surface area contributed by atoms with Crippen LogP contribution in [0.1, 0.15) is 20.7 Å². The molecule has 0 aliphatic rings. The Morgan fingerprint density at radius 3 is 2.29 bits per heavy atom. The SMILES string of the molecule is Cn1c(N)c(C(=O)COC(=O)c2ccccc2NS(=O)(=O)c2ccc(Br)cc2)c(=O)n(C)c1=O. The van der Waals surface area contributed by atoms with Crippen LogP contribution < -0.4 is 21.7 Å². The van der Waals surface area contributed by atoms with Crippen molar-refractivity contribution in [2.24, 2.45) is 14.1 Å². The predicted octanol–water partition coefficient (Wildman–Crippen LogP) is 1.27. The molecule has 0 unspecified atom stereocenters. The number of nitrogens with one attached hydrogen (secondary N) is 1. The maximum absolute atomic E-state index is 12.7. The van der Waals surface area contributed by atoms with Gasteiger partial charge in [0.05, 0.1) is 16.1 Å². The van der Waals surface area contributed by atoms with E-state index in [1.165, 1.54) is 50.5 Å². The fraction of sp³-hybridized carbons (Fsp3) is 0.143. The number of sulfonamides is 1. The Balaban J connectivity index is 1.83. The highest BCUT2D eigenvalue weighted by atomic mass is 79.9. The average molecular weight is 551 g/mol. The number of hydrogen-bond donors (Lipinski definition) is 2. The van der Waals surface area contributed by atoms with E-state index in [4.69, 9.17) is 10.5 Å². The summed E-state index contributed by atoms with van der Waals surface area (Å²) in [6, 6.07) is 11.5. The summed E-state index contributed by atoms with van der Waals surface area (Å²) in [5, 5.41) is 0. The maximum Gasteiger partial charge on any atom is 0.340 e. The van der Waals surface area contributed by atoms with E-state index in [1.54, 1.807) is 12.1 Å². The summed E-state index contributed by atoms with van der Waals surface area (Å²) < 4.78 is 35.0. The topological polar surface area (TPSA) is 160 Å². The van der Waals surface area contributed by atoms with Gasteiger partial charge in [-0.05, 0) is 36.4 Å². The van der Waals surface area contributed by atoms with Crippen LogP contribution in [0.4, 0.5) is 11.5 Å². The second-order valence-corrected chi connectivity index (χ2v) is 9.67. The van der Waals surface area contributed by atoms with Gasteiger partial charge in [-0.15, -0.1) is 0 Å². The van der Waals surface area contributed by atoms with Crippen molar-refractivity contribution in [2.45, 2.75) is 4.90 Å². The number of aromatic nitrogens is 2. The van der Waals surface area contributed by atoms with Crippen LogP contribution in [0.3, 0.4) is 0 Å². The summed E-state index contributed by atoms with van der Waals surface area (Å²) in [6.07, 6.45) is 0. The molecule has 11 nitrogen and oxygen atoms in total. The van der Waals surface area contributed by atoms with Gasteiger partial charge in [0.15, 0.2) is 6.61 Å². The number of carbonyl (C=O) groups is 2. The number of nitrogen functional groups attached to an aromatic ring is 1. The normalized spacial score (nSPS) is 11.1. The van der Waals surface area contributed by atoms with Crippen molar-refractivity contribution in [2.75, 3.05) is 17.1 Å². The van der Waals surface area contributed by atoms with E-state index >= 15 is 0 Å². The molecule has 0 bridgehead atoms. The summed E-state index contributed by atoms with van der Waals surface area (Å²) in [5.41, 5.74) is 3.37.